The van der Waals surface area contributed by atoms with Crippen molar-refractivity contribution < 1.29 is 9.18 Å². The zero-order valence-electron chi connectivity index (χ0n) is 10.2. The second kappa shape index (κ2) is 5.80. The highest BCUT2D eigenvalue weighted by atomic mass is 35.5. The Morgan fingerprint density at radius 3 is 2.84 bits per heavy atom. The molecule has 2 aromatic rings. The number of nitrogens with one attached hydrogen (secondary N) is 1. The molecule has 0 aliphatic heterocycles. The van der Waals surface area contributed by atoms with Crippen molar-refractivity contribution in [1.82, 2.24) is 10.3 Å². The fourth-order valence-corrected chi connectivity index (χ4v) is 1.89. The van der Waals surface area contributed by atoms with E-state index in [1.165, 1.54) is 18.3 Å². The second-order valence-electron chi connectivity index (χ2n) is 4.09. The van der Waals surface area contributed by atoms with E-state index in [1.807, 2.05) is 0 Å². The van der Waals surface area contributed by atoms with Crippen LogP contribution in [0.15, 0.2) is 42.6 Å². The van der Waals surface area contributed by atoms with E-state index in [0.29, 0.717) is 11.1 Å². The molecule has 0 bridgehead atoms. The highest BCUT2D eigenvalue weighted by molar-refractivity contribution is 6.32. The normalized spacial score (nSPS) is 11.9. The molecule has 5 heteroatoms. The fraction of sp³-hybridized carbons (Fsp3) is 0.143. The van der Waals surface area contributed by atoms with Gasteiger partial charge in [-0.05, 0) is 36.8 Å². The van der Waals surface area contributed by atoms with Gasteiger partial charge in [-0.15, -0.1) is 0 Å². The van der Waals surface area contributed by atoms with E-state index in [-0.39, 0.29) is 22.9 Å². The predicted octanol–water partition coefficient (Wildman–Crippen LogP) is 3.37. The van der Waals surface area contributed by atoms with Crippen molar-refractivity contribution in [2.75, 3.05) is 0 Å². The largest absolute Gasteiger partial charge is 0.345 e. The third-order valence-electron chi connectivity index (χ3n) is 2.70. The number of pyridine rings is 1. The first-order chi connectivity index (χ1) is 9.08. The lowest BCUT2D eigenvalue weighted by atomic mass is 10.1. The van der Waals surface area contributed by atoms with Crippen LogP contribution < -0.4 is 5.32 Å². The van der Waals surface area contributed by atoms with Gasteiger partial charge in [0.15, 0.2) is 0 Å². The van der Waals surface area contributed by atoms with Gasteiger partial charge in [-0.25, -0.2) is 9.37 Å². The molecule has 1 amide bonds. The molecule has 0 unspecified atom stereocenters. The van der Waals surface area contributed by atoms with Gasteiger partial charge < -0.3 is 5.32 Å². The Labute approximate surface area is 115 Å². The van der Waals surface area contributed by atoms with Crippen LogP contribution >= 0.6 is 11.6 Å². The molecular formula is C14H12ClFN2O. The molecule has 0 radical (unpaired) electrons. The minimum absolute atomic E-state index is 0.145. The molecule has 1 N–H and O–H groups in total. The summed E-state index contributed by atoms with van der Waals surface area (Å²) in [6, 6.07) is 8.99. The molecule has 1 aromatic carbocycles. The second-order valence-corrected chi connectivity index (χ2v) is 4.45. The van der Waals surface area contributed by atoms with Crippen LogP contribution in [0.5, 0.6) is 0 Å². The summed E-state index contributed by atoms with van der Waals surface area (Å²) in [6.07, 6.45) is 1.51. The van der Waals surface area contributed by atoms with Gasteiger partial charge in [0, 0.05) is 6.20 Å². The van der Waals surface area contributed by atoms with Crippen molar-refractivity contribution >= 4 is 17.5 Å². The van der Waals surface area contributed by atoms with Crippen molar-refractivity contribution in [3.8, 4) is 0 Å². The minimum atomic E-state index is -0.338. The van der Waals surface area contributed by atoms with Crippen LogP contribution in [-0.4, -0.2) is 10.9 Å². The fourth-order valence-electron chi connectivity index (χ4n) is 1.69. The molecule has 0 saturated carbocycles. The number of amides is 1. The zero-order chi connectivity index (χ0) is 13.8. The summed E-state index contributed by atoms with van der Waals surface area (Å²) >= 11 is 5.84. The molecule has 0 saturated heterocycles. The number of hydrogen-bond acceptors (Lipinski definition) is 2. The molecule has 19 heavy (non-hydrogen) atoms. The Morgan fingerprint density at radius 2 is 2.16 bits per heavy atom. The Morgan fingerprint density at radius 1 is 1.37 bits per heavy atom. The number of carbonyl (C=O) groups excluding carboxylic acids is 1. The Bertz CT molecular complexity index is 604. The van der Waals surface area contributed by atoms with Gasteiger partial charge in [-0.2, -0.15) is 0 Å². The lowest BCUT2D eigenvalue weighted by molar-refractivity contribution is 0.0939. The maximum absolute atomic E-state index is 13.1. The SMILES string of the molecule is C[C@H](NC(=O)c1cccnc1Cl)c1cccc(F)c1. The highest BCUT2D eigenvalue weighted by Crippen LogP contribution is 2.16. The van der Waals surface area contributed by atoms with Crippen LogP contribution in [0.3, 0.4) is 0 Å². The summed E-state index contributed by atoms with van der Waals surface area (Å²) in [5, 5.41) is 2.90. The lowest BCUT2D eigenvalue weighted by Crippen LogP contribution is -2.27. The number of benzene rings is 1. The van der Waals surface area contributed by atoms with Gasteiger partial charge in [-0.3, -0.25) is 4.79 Å². The van der Waals surface area contributed by atoms with Crippen LogP contribution in [0.1, 0.15) is 28.9 Å². The van der Waals surface area contributed by atoms with Crippen LogP contribution in [0.25, 0.3) is 0 Å². The molecule has 1 atom stereocenters. The first-order valence-electron chi connectivity index (χ1n) is 5.75. The highest BCUT2D eigenvalue weighted by Gasteiger charge is 2.14. The van der Waals surface area contributed by atoms with E-state index >= 15 is 0 Å². The maximum Gasteiger partial charge on any atom is 0.254 e. The van der Waals surface area contributed by atoms with Gasteiger partial charge in [0.25, 0.3) is 5.91 Å². The maximum atomic E-state index is 13.1. The monoisotopic (exact) mass is 278 g/mol. The van der Waals surface area contributed by atoms with E-state index < -0.39 is 0 Å². The summed E-state index contributed by atoms with van der Waals surface area (Å²) in [5.41, 5.74) is 0.987. The first-order valence-corrected chi connectivity index (χ1v) is 6.12. The molecule has 0 aliphatic carbocycles. The summed E-state index contributed by atoms with van der Waals surface area (Å²) in [7, 11) is 0. The van der Waals surface area contributed by atoms with Crippen LogP contribution in [0.2, 0.25) is 5.15 Å². The van der Waals surface area contributed by atoms with E-state index in [0.717, 1.165) is 0 Å². The van der Waals surface area contributed by atoms with Crippen LogP contribution in [-0.2, 0) is 0 Å². The molecule has 1 heterocycles. The quantitative estimate of drug-likeness (QED) is 0.875. The lowest BCUT2D eigenvalue weighted by Gasteiger charge is -2.14. The van der Waals surface area contributed by atoms with Crippen molar-refractivity contribution in [2.24, 2.45) is 0 Å². The number of nitrogens with zero attached hydrogens (tertiary/aromatic N) is 1. The summed E-state index contributed by atoms with van der Waals surface area (Å²) in [4.78, 5) is 15.8. The Kier molecular flexibility index (Phi) is 4.12. The number of hydrogen-bond donors (Lipinski definition) is 1. The summed E-state index contributed by atoms with van der Waals surface area (Å²) in [6.45, 7) is 1.77. The molecule has 1 aromatic heterocycles. The smallest absolute Gasteiger partial charge is 0.254 e. The third kappa shape index (κ3) is 3.29. The molecule has 0 fully saturated rings. The van der Waals surface area contributed by atoms with Crippen LogP contribution in [0, 0.1) is 5.82 Å². The van der Waals surface area contributed by atoms with Crippen LogP contribution in [0.4, 0.5) is 4.39 Å². The van der Waals surface area contributed by atoms with Crippen molar-refractivity contribution in [2.45, 2.75) is 13.0 Å². The summed E-state index contributed by atoms with van der Waals surface area (Å²) < 4.78 is 13.1. The van der Waals surface area contributed by atoms with Gasteiger partial charge in [0.05, 0.1) is 11.6 Å². The van der Waals surface area contributed by atoms with Crippen molar-refractivity contribution in [1.29, 1.82) is 0 Å². The zero-order valence-corrected chi connectivity index (χ0v) is 11.0. The number of halogens is 2. The van der Waals surface area contributed by atoms with E-state index in [9.17, 15) is 9.18 Å². The van der Waals surface area contributed by atoms with Gasteiger partial charge in [0.2, 0.25) is 0 Å². The number of aromatic nitrogens is 1. The molecule has 2 rings (SSSR count). The van der Waals surface area contributed by atoms with Crippen molar-refractivity contribution in [3.05, 3.63) is 64.7 Å². The van der Waals surface area contributed by atoms with Gasteiger partial charge in [0.1, 0.15) is 11.0 Å². The molecule has 0 aliphatic rings. The van der Waals surface area contributed by atoms with E-state index in [1.54, 1.807) is 31.2 Å². The predicted molar refractivity (Wildman–Crippen MR) is 71.5 cm³/mol. The molecule has 98 valence electrons. The number of carbonyl (C=O) groups is 1. The average Bonchev–Trinajstić information content (AvgIpc) is 2.39. The van der Waals surface area contributed by atoms with Crippen molar-refractivity contribution in [3.63, 3.8) is 0 Å². The first kappa shape index (κ1) is 13.5. The molecular weight excluding hydrogens is 267 g/mol. The molecule has 0 spiro atoms. The van der Waals surface area contributed by atoms with E-state index in [4.69, 9.17) is 11.6 Å². The molecule has 3 nitrogen and oxygen atoms in total. The Balaban J connectivity index is 2.13. The topological polar surface area (TPSA) is 42.0 Å². The Hall–Kier alpha value is -1.94. The van der Waals surface area contributed by atoms with Gasteiger partial charge in [-0.1, -0.05) is 23.7 Å². The van der Waals surface area contributed by atoms with E-state index in [2.05, 4.69) is 10.3 Å². The third-order valence-corrected chi connectivity index (χ3v) is 3.00. The number of rotatable bonds is 3. The van der Waals surface area contributed by atoms with Gasteiger partial charge >= 0.3 is 0 Å². The minimum Gasteiger partial charge on any atom is -0.345 e. The standard InChI is InChI=1S/C14H12ClFN2O/c1-9(10-4-2-5-11(16)8-10)18-14(19)12-6-3-7-17-13(12)15/h2-9H,1H3,(H,18,19)/t9-/m0/s1. The average molecular weight is 279 g/mol. The summed E-state index contributed by atoms with van der Waals surface area (Å²) in [5.74, 6) is -0.673.